The summed E-state index contributed by atoms with van der Waals surface area (Å²) in [6, 6.07) is 4.21. The van der Waals surface area contributed by atoms with Crippen LogP contribution in [0.1, 0.15) is 71.3 Å². The molecule has 5 atom stereocenters. The SMILES string of the molecule is COc1cc(/C=C/C(=O)NC2(C(=O)N3CCCC3C(=O)OC3CC4CCC5(C)C(C)(C)C435)CCSCC2)ccc1N=O. The van der Waals surface area contributed by atoms with Crippen LogP contribution >= 0.6 is 11.8 Å². The predicted octanol–water partition coefficient (Wildman–Crippen LogP) is 5.24. The first-order valence-electron chi connectivity index (χ1n) is 15.2. The van der Waals surface area contributed by atoms with Gasteiger partial charge in [0.15, 0.2) is 0 Å². The first kappa shape index (κ1) is 29.2. The van der Waals surface area contributed by atoms with E-state index in [-0.39, 0.29) is 45.8 Å². The Morgan fingerprint density at radius 2 is 1.88 bits per heavy atom. The number of nitrogens with zero attached hydrogens (tertiary/aromatic N) is 2. The third kappa shape index (κ3) is 4.07. The van der Waals surface area contributed by atoms with Crippen molar-refractivity contribution in [2.24, 2.45) is 27.3 Å². The minimum atomic E-state index is -1.07. The number of ether oxygens (including phenoxy) is 2. The van der Waals surface area contributed by atoms with Crippen molar-refractivity contribution in [3.63, 3.8) is 0 Å². The van der Waals surface area contributed by atoms with Crippen LogP contribution in [-0.4, -0.2) is 65.5 Å². The van der Waals surface area contributed by atoms with E-state index in [1.807, 2.05) is 0 Å². The van der Waals surface area contributed by atoms with E-state index in [0.29, 0.717) is 43.0 Å². The van der Waals surface area contributed by atoms with Crippen LogP contribution in [-0.2, 0) is 19.1 Å². The van der Waals surface area contributed by atoms with Crippen LogP contribution in [0.25, 0.3) is 6.08 Å². The summed E-state index contributed by atoms with van der Waals surface area (Å²) in [5.74, 6) is 1.57. The van der Waals surface area contributed by atoms with Gasteiger partial charge < -0.3 is 19.7 Å². The maximum Gasteiger partial charge on any atom is 0.329 e. The fourth-order valence-electron chi connectivity index (χ4n) is 9.37. The molecule has 2 aliphatic heterocycles. The van der Waals surface area contributed by atoms with Crippen LogP contribution in [0, 0.1) is 27.1 Å². The number of nitrogens with one attached hydrogen (secondary N) is 1. The van der Waals surface area contributed by atoms with Gasteiger partial charge >= 0.3 is 5.97 Å². The number of hydrogen-bond acceptors (Lipinski definition) is 8. The summed E-state index contributed by atoms with van der Waals surface area (Å²) >= 11 is 1.76. The van der Waals surface area contributed by atoms with Gasteiger partial charge in [-0.25, -0.2) is 4.79 Å². The van der Waals surface area contributed by atoms with Crippen LogP contribution in [0.4, 0.5) is 5.69 Å². The number of hydrogen-bond donors (Lipinski definition) is 1. The van der Waals surface area contributed by atoms with Crippen molar-refractivity contribution in [2.75, 3.05) is 25.2 Å². The highest BCUT2D eigenvalue weighted by molar-refractivity contribution is 7.99. The van der Waals surface area contributed by atoms with Gasteiger partial charge in [-0.1, -0.05) is 26.8 Å². The second-order valence-corrected chi connectivity index (χ2v) is 14.6. The molecule has 2 amide bonds. The Balaban J connectivity index is 1.15. The van der Waals surface area contributed by atoms with E-state index in [9.17, 15) is 19.3 Å². The smallest absolute Gasteiger partial charge is 0.329 e. The molecule has 5 unspecified atom stereocenters. The largest absolute Gasteiger partial charge is 0.494 e. The quantitative estimate of drug-likeness (QED) is 0.248. The fourth-order valence-corrected chi connectivity index (χ4v) is 10.6. The second kappa shape index (κ2) is 10.4. The van der Waals surface area contributed by atoms with Gasteiger partial charge in [0, 0.05) is 18.0 Å². The molecule has 226 valence electrons. The molecule has 5 aliphatic rings. The molecule has 0 radical (unpaired) electrons. The summed E-state index contributed by atoms with van der Waals surface area (Å²) in [6.45, 7) is 7.48. The molecule has 10 heteroatoms. The van der Waals surface area contributed by atoms with Crippen molar-refractivity contribution in [3.8, 4) is 5.75 Å². The summed E-state index contributed by atoms with van der Waals surface area (Å²) in [5, 5.41) is 5.97. The van der Waals surface area contributed by atoms with Gasteiger partial charge in [0.25, 0.3) is 0 Å². The molecule has 1 aromatic rings. The molecule has 0 aromatic heterocycles. The summed E-state index contributed by atoms with van der Waals surface area (Å²) < 4.78 is 11.5. The maximum atomic E-state index is 14.2. The van der Waals surface area contributed by atoms with Crippen LogP contribution < -0.4 is 10.1 Å². The number of nitroso groups, excluding NO2 is 1. The van der Waals surface area contributed by atoms with Crippen LogP contribution in [0.3, 0.4) is 0 Å². The van der Waals surface area contributed by atoms with E-state index >= 15 is 0 Å². The van der Waals surface area contributed by atoms with Gasteiger partial charge in [-0.2, -0.15) is 11.8 Å². The zero-order chi connectivity index (χ0) is 29.9. The third-order valence-electron chi connectivity index (χ3n) is 11.8. The molecule has 5 fully saturated rings. The molecular formula is C32H41N3O6S. The third-order valence-corrected chi connectivity index (χ3v) is 12.8. The van der Waals surface area contributed by atoms with E-state index < -0.39 is 11.6 Å². The maximum absolute atomic E-state index is 14.2. The first-order valence-corrected chi connectivity index (χ1v) is 16.3. The summed E-state index contributed by atoms with van der Waals surface area (Å²) in [6.07, 6.45) is 8.58. The van der Waals surface area contributed by atoms with Crippen molar-refractivity contribution in [2.45, 2.75) is 83.4 Å². The van der Waals surface area contributed by atoms with E-state index in [0.717, 1.165) is 24.3 Å². The lowest BCUT2D eigenvalue weighted by molar-refractivity contribution is -0.177. The predicted molar refractivity (Wildman–Crippen MR) is 161 cm³/mol. The number of likely N-dealkylation sites (tertiary alicyclic amines) is 1. The van der Waals surface area contributed by atoms with Crippen LogP contribution in [0.15, 0.2) is 29.5 Å². The van der Waals surface area contributed by atoms with E-state index in [1.54, 1.807) is 34.9 Å². The van der Waals surface area contributed by atoms with E-state index in [1.165, 1.54) is 32.1 Å². The topological polar surface area (TPSA) is 114 Å². The van der Waals surface area contributed by atoms with Crippen LogP contribution in [0.5, 0.6) is 5.75 Å². The molecule has 3 aliphatic carbocycles. The summed E-state index contributed by atoms with van der Waals surface area (Å²) in [7, 11) is 1.45. The number of carbonyl (C=O) groups excluding carboxylic acids is 3. The average molecular weight is 596 g/mol. The monoisotopic (exact) mass is 595 g/mol. The Morgan fingerprint density at radius 3 is 2.55 bits per heavy atom. The molecule has 1 N–H and O–H groups in total. The Labute approximate surface area is 251 Å². The number of amides is 2. The molecule has 1 spiro atoms. The Morgan fingerprint density at radius 1 is 1.12 bits per heavy atom. The lowest BCUT2D eigenvalue weighted by Gasteiger charge is -2.47. The van der Waals surface area contributed by atoms with Gasteiger partial charge in [0.2, 0.25) is 11.8 Å². The van der Waals surface area contributed by atoms with Crippen molar-refractivity contribution in [3.05, 3.63) is 34.7 Å². The van der Waals surface area contributed by atoms with Crippen molar-refractivity contribution < 1.29 is 23.9 Å². The van der Waals surface area contributed by atoms with Gasteiger partial charge in [0.1, 0.15) is 29.1 Å². The molecule has 42 heavy (non-hydrogen) atoms. The van der Waals surface area contributed by atoms with Crippen LogP contribution in [0.2, 0.25) is 0 Å². The van der Waals surface area contributed by atoms with E-state index in [4.69, 9.17) is 9.47 Å². The average Bonchev–Trinajstić information content (AvgIpc) is 3.33. The molecular weight excluding hydrogens is 554 g/mol. The Kier molecular flexibility index (Phi) is 7.22. The molecule has 0 bridgehead atoms. The zero-order valence-electron chi connectivity index (χ0n) is 24.9. The fraction of sp³-hybridized carbons (Fsp3) is 0.656. The molecule has 1 aromatic carbocycles. The molecule has 9 nitrogen and oxygen atoms in total. The van der Waals surface area contributed by atoms with Gasteiger partial charge in [-0.3, -0.25) is 9.59 Å². The standard InChI is InChI=1S/C32H41N3O6S/c1-29(2)30(3)12-11-21-19-25(32(21,29)30)41-27(37)23-6-5-15-35(23)28(38)31(13-16-42-17-14-31)33-26(36)10-8-20-7-9-22(34-39)24(18-20)40-4/h7-10,18,21,23,25H,5-6,11-17,19H2,1-4H3,(H,33,36)/b10-8+. The van der Waals surface area contributed by atoms with Gasteiger partial charge in [-0.05, 0) is 102 Å². The Hall–Kier alpha value is -2.88. The second-order valence-electron chi connectivity index (χ2n) is 13.4. The zero-order valence-corrected chi connectivity index (χ0v) is 25.8. The number of esters is 1. The number of benzene rings is 1. The lowest BCUT2D eigenvalue weighted by atomic mass is 9.64. The highest BCUT2D eigenvalue weighted by Crippen LogP contribution is 2.93. The lowest BCUT2D eigenvalue weighted by Crippen LogP contribution is -2.62. The highest BCUT2D eigenvalue weighted by Gasteiger charge is 2.91. The number of rotatable bonds is 8. The summed E-state index contributed by atoms with van der Waals surface area (Å²) in [4.78, 5) is 53.6. The summed E-state index contributed by atoms with van der Waals surface area (Å²) in [5.41, 5.74) is 0.236. The molecule has 3 saturated carbocycles. The Bertz CT molecular complexity index is 1340. The number of carbonyl (C=O) groups is 3. The first-order chi connectivity index (χ1) is 20.0. The van der Waals surface area contributed by atoms with Crippen molar-refractivity contribution >= 4 is 41.3 Å². The minimum Gasteiger partial charge on any atom is -0.494 e. The number of methoxy groups -OCH3 is 1. The molecule has 6 rings (SSSR count). The molecule has 2 heterocycles. The van der Waals surface area contributed by atoms with Gasteiger partial charge in [-0.15, -0.1) is 4.91 Å². The minimum absolute atomic E-state index is 0.0741. The van der Waals surface area contributed by atoms with E-state index in [2.05, 4.69) is 31.3 Å². The highest BCUT2D eigenvalue weighted by atomic mass is 32.2. The number of thioether (sulfide) groups is 1. The van der Waals surface area contributed by atoms with Crippen molar-refractivity contribution in [1.82, 2.24) is 10.2 Å². The van der Waals surface area contributed by atoms with Gasteiger partial charge in [0.05, 0.1) is 7.11 Å². The molecule has 2 saturated heterocycles. The van der Waals surface area contributed by atoms with Crippen molar-refractivity contribution in [1.29, 1.82) is 0 Å². The normalized spacial score (nSPS) is 33.7.